The highest BCUT2D eigenvalue weighted by atomic mass is 16.5. The summed E-state index contributed by atoms with van der Waals surface area (Å²) >= 11 is 0. The number of carbonyl (C=O) groups excluding carboxylic acids is 1. The lowest BCUT2D eigenvalue weighted by molar-refractivity contribution is 0.104. The largest absolute Gasteiger partial charge is 0.493 e. The number of benzene rings is 5. The van der Waals surface area contributed by atoms with E-state index in [0.717, 1.165) is 51.2 Å². The van der Waals surface area contributed by atoms with Crippen molar-refractivity contribution in [3.05, 3.63) is 185 Å². The molecule has 0 radical (unpaired) electrons. The average molecular weight is 559 g/mol. The van der Waals surface area contributed by atoms with E-state index in [-0.39, 0.29) is 5.78 Å². The standard InChI is InChI=1S/C39H30N2O2/c42-37(30-21-23-38-31(26-30)24-25-43-38)22-20-29-12-10-11-19-35(29)36-27-41(28-40-36)39(32-13-4-1-5-14-32,33-15-6-2-7-16-33)34-17-8-3-9-18-34/h1-23,26-28H,24-25H2/b22-20-. The molecule has 4 heteroatoms. The average Bonchev–Trinajstić information content (AvgIpc) is 3.76. The summed E-state index contributed by atoms with van der Waals surface area (Å²) in [4.78, 5) is 18.1. The number of hydrogen-bond donors (Lipinski definition) is 0. The Bertz CT molecular complexity index is 1810. The first-order chi connectivity index (χ1) is 21.2. The maximum absolute atomic E-state index is 13.1. The summed E-state index contributed by atoms with van der Waals surface area (Å²) in [6.45, 7) is 0.670. The zero-order valence-electron chi connectivity index (χ0n) is 23.6. The van der Waals surface area contributed by atoms with Crippen LogP contribution < -0.4 is 4.74 Å². The summed E-state index contributed by atoms with van der Waals surface area (Å²) in [5, 5.41) is 0. The van der Waals surface area contributed by atoms with Gasteiger partial charge in [0.15, 0.2) is 5.78 Å². The lowest BCUT2D eigenvalue weighted by Gasteiger charge is -2.37. The summed E-state index contributed by atoms with van der Waals surface area (Å²) < 4.78 is 7.81. The van der Waals surface area contributed by atoms with Gasteiger partial charge in [-0.1, -0.05) is 121 Å². The SMILES string of the molecule is O=C(/C=C\c1ccccc1-c1cn(C(c2ccccc2)(c2ccccc2)c2ccccc2)cn1)c1ccc2c(c1)CCO2. The molecule has 7 rings (SSSR count). The third-order valence-corrected chi connectivity index (χ3v) is 8.17. The number of fused-ring (bicyclic) bond motifs is 1. The van der Waals surface area contributed by atoms with Crippen molar-refractivity contribution in [2.75, 3.05) is 6.61 Å². The van der Waals surface area contributed by atoms with Crippen molar-refractivity contribution in [2.45, 2.75) is 12.0 Å². The molecule has 0 N–H and O–H groups in total. The van der Waals surface area contributed by atoms with Crippen LogP contribution in [0.25, 0.3) is 17.3 Å². The molecule has 4 nitrogen and oxygen atoms in total. The fraction of sp³-hybridized carbons (Fsp3) is 0.0769. The smallest absolute Gasteiger partial charge is 0.185 e. The molecule has 2 heterocycles. The number of carbonyl (C=O) groups is 1. The van der Waals surface area contributed by atoms with Crippen LogP contribution in [0.1, 0.15) is 38.2 Å². The van der Waals surface area contributed by atoms with Crippen LogP contribution in [-0.2, 0) is 12.0 Å². The van der Waals surface area contributed by atoms with E-state index in [1.165, 1.54) is 0 Å². The topological polar surface area (TPSA) is 44.1 Å². The Labute approximate surface area is 251 Å². The van der Waals surface area contributed by atoms with Gasteiger partial charge in [0, 0.05) is 23.7 Å². The molecule has 0 aliphatic carbocycles. The second kappa shape index (κ2) is 11.4. The molecule has 0 unspecified atom stereocenters. The van der Waals surface area contributed by atoms with Gasteiger partial charge in [0.25, 0.3) is 0 Å². The molecular formula is C39H30N2O2. The Hall–Kier alpha value is -5.48. The van der Waals surface area contributed by atoms with Gasteiger partial charge in [-0.25, -0.2) is 4.98 Å². The van der Waals surface area contributed by atoms with E-state index in [1.807, 2.05) is 67.0 Å². The van der Waals surface area contributed by atoms with E-state index in [9.17, 15) is 4.79 Å². The van der Waals surface area contributed by atoms with Gasteiger partial charge in [0.2, 0.25) is 0 Å². The minimum atomic E-state index is -0.646. The number of allylic oxidation sites excluding steroid dienone is 1. The number of ether oxygens (including phenoxy) is 1. The van der Waals surface area contributed by atoms with Crippen molar-refractivity contribution in [3.8, 4) is 17.0 Å². The van der Waals surface area contributed by atoms with E-state index >= 15 is 0 Å². The summed E-state index contributed by atoms with van der Waals surface area (Å²) in [6, 6.07) is 45.4. The maximum Gasteiger partial charge on any atom is 0.185 e. The minimum Gasteiger partial charge on any atom is -0.493 e. The Morgan fingerprint density at radius 2 is 1.35 bits per heavy atom. The molecule has 208 valence electrons. The zero-order valence-corrected chi connectivity index (χ0v) is 23.6. The van der Waals surface area contributed by atoms with E-state index < -0.39 is 5.54 Å². The number of ketones is 1. The van der Waals surface area contributed by atoms with Crippen molar-refractivity contribution in [3.63, 3.8) is 0 Å². The number of nitrogens with zero attached hydrogens (tertiary/aromatic N) is 2. The van der Waals surface area contributed by atoms with Gasteiger partial charge in [0.05, 0.1) is 18.6 Å². The van der Waals surface area contributed by atoms with E-state index in [0.29, 0.717) is 12.2 Å². The summed E-state index contributed by atoms with van der Waals surface area (Å²) in [7, 11) is 0. The van der Waals surface area contributed by atoms with Crippen LogP contribution in [0, 0.1) is 0 Å². The molecule has 5 aromatic carbocycles. The molecule has 0 amide bonds. The third kappa shape index (κ3) is 4.87. The van der Waals surface area contributed by atoms with Gasteiger partial charge in [-0.3, -0.25) is 4.79 Å². The van der Waals surface area contributed by atoms with Crippen molar-refractivity contribution in [1.82, 2.24) is 9.55 Å². The van der Waals surface area contributed by atoms with Gasteiger partial charge in [-0.15, -0.1) is 0 Å². The minimum absolute atomic E-state index is 0.0358. The van der Waals surface area contributed by atoms with Crippen LogP contribution in [0.2, 0.25) is 0 Å². The first-order valence-electron chi connectivity index (χ1n) is 14.5. The molecule has 0 saturated heterocycles. The number of rotatable bonds is 8. The van der Waals surface area contributed by atoms with Crippen molar-refractivity contribution >= 4 is 11.9 Å². The Balaban J connectivity index is 1.31. The molecule has 0 saturated carbocycles. The Kier molecular flexibility index (Phi) is 7.02. The number of hydrogen-bond acceptors (Lipinski definition) is 3. The monoisotopic (exact) mass is 558 g/mol. The van der Waals surface area contributed by atoms with Gasteiger partial charge in [-0.2, -0.15) is 0 Å². The molecule has 1 aliphatic heterocycles. The lowest BCUT2D eigenvalue weighted by Crippen LogP contribution is -2.36. The second-order valence-electron chi connectivity index (χ2n) is 10.7. The third-order valence-electron chi connectivity index (χ3n) is 8.17. The van der Waals surface area contributed by atoms with Crippen molar-refractivity contribution in [2.24, 2.45) is 0 Å². The van der Waals surface area contributed by atoms with E-state index in [1.54, 1.807) is 6.08 Å². The Morgan fingerprint density at radius 1 is 0.744 bits per heavy atom. The quantitative estimate of drug-likeness (QED) is 0.107. The molecule has 0 bridgehead atoms. The molecular weight excluding hydrogens is 528 g/mol. The number of aromatic nitrogens is 2. The van der Waals surface area contributed by atoms with E-state index in [4.69, 9.17) is 9.72 Å². The first kappa shape index (κ1) is 26.4. The Morgan fingerprint density at radius 3 is 2.00 bits per heavy atom. The highest BCUT2D eigenvalue weighted by molar-refractivity contribution is 6.07. The van der Waals surface area contributed by atoms with Crippen LogP contribution in [-0.4, -0.2) is 21.9 Å². The lowest BCUT2D eigenvalue weighted by atomic mass is 9.77. The molecule has 1 aliphatic rings. The van der Waals surface area contributed by atoms with Crippen LogP contribution in [0.3, 0.4) is 0 Å². The maximum atomic E-state index is 13.1. The second-order valence-corrected chi connectivity index (χ2v) is 10.7. The number of imidazole rings is 1. The predicted molar refractivity (Wildman–Crippen MR) is 171 cm³/mol. The van der Waals surface area contributed by atoms with E-state index in [2.05, 4.69) is 89.6 Å². The van der Waals surface area contributed by atoms with Crippen molar-refractivity contribution in [1.29, 1.82) is 0 Å². The van der Waals surface area contributed by atoms with Gasteiger partial charge in [0.1, 0.15) is 11.3 Å². The molecule has 0 atom stereocenters. The molecule has 0 fully saturated rings. The van der Waals surface area contributed by atoms with Gasteiger partial charge in [-0.05, 0) is 52.1 Å². The normalized spacial score (nSPS) is 12.7. The summed E-state index contributed by atoms with van der Waals surface area (Å²) in [5.41, 5.74) is 7.22. The highest BCUT2D eigenvalue weighted by Gasteiger charge is 2.38. The zero-order chi connectivity index (χ0) is 29.1. The van der Waals surface area contributed by atoms with Gasteiger partial charge >= 0.3 is 0 Å². The summed E-state index contributed by atoms with van der Waals surface area (Å²) in [6.07, 6.45) is 8.40. The molecule has 6 aromatic rings. The fourth-order valence-electron chi connectivity index (χ4n) is 6.11. The van der Waals surface area contributed by atoms with Crippen LogP contribution in [0.4, 0.5) is 0 Å². The molecule has 1 aromatic heterocycles. The predicted octanol–water partition coefficient (Wildman–Crippen LogP) is 8.22. The molecule has 43 heavy (non-hydrogen) atoms. The van der Waals surface area contributed by atoms with Gasteiger partial charge < -0.3 is 9.30 Å². The summed E-state index contributed by atoms with van der Waals surface area (Å²) in [5.74, 6) is 0.838. The van der Waals surface area contributed by atoms with Crippen LogP contribution in [0.15, 0.2) is 152 Å². The van der Waals surface area contributed by atoms with Crippen LogP contribution in [0.5, 0.6) is 5.75 Å². The van der Waals surface area contributed by atoms with Crippen molar-refractivity contribution < 1.29 is 9.53 Å². The highest BCUT2D eigenvalue weighted by Crippen LogP contribution is 2.41. The fourth-order valence-corrected chi connectivity index (χ4v) is 6.11. The van der Waals surface area contributed by atoms with Crippen LogP contribution >= 0.6 is 0 Å². The first-order valence-corrected chi connectivity index (χ1v) is 14.5. The molecule has 0 spiro atoms.